The monoisotopic (exact) mass is 458 g/mol. The fourth-order valence-electron chi connectivity index (χ4n) is 3.26. The lowest BCUT2D eigenvalue weighted by Crippen LogP contribution is -2.21. The van der Waals surface area contributed by atoms with E-state index in [1.807, 2.05) is 45.9 Å². The smallest absolute Gasteiger partial charge is 0.283 e. The van der Waals surface area contributed by atoms with Crippen molar-refractivity contribution in [3.63, 3.8) is 0 Å². The standard InChI is InChI=1S/C22H26N4O3S2/c1-12(2)11-31(28,29)15(5)30-22-25-21(27)18(20(23)26(22)6)10-16-14(4)24-19-8-7-13(3)9-17(16)19/h7-10,12H,5,11,23H2,1-4,6H3. The Kier molecular flexibility index (Phi) is 6.29. The zero-order chi connectivity index (χ0) is 23.1. The molecule has 9 heteroatoms. The van der Waals surface area contributed by atoms with Crippen molar-refractivity contribution in [2.45, 2.75) is 32.9 Å². The fourth-order valence-corrected chi connectivity index (χ4v) is 5.83. The summed E-state index contributed by atoms with van der Waals surface area (Å²) in [6.07, 6.45) is 1.70. The predicted octanol–water partition coefficient (Wildman–Crippen LogP) is 3.95. The summed E-state index contributed by atoms with van der Waals surface area (Å²) in [6.45, 7) is 11.2. The van der Waals surface area contributed by atoms with Crippen LogP contribution in [-0.2, 0) is 16.9 Å². The summed E-state index contributed by atoms with van der Waals surface area (Å²) in [5, 5.41) is 0.176. The number of hydrogen-bond donors (Lipinski definition) is 1. The molecule has 2 heterocycles. The van der Waals surface area contributed by atoms with Gasteiger partial charge in [-0.1, -0.05) is 32.1 Å². The van der Waals surface area contributed by atoms with Crippen LogP contribution < -0.4 is 11.3 Å². The molecule has 31 heavy (non-hydrogen) atoms. The highest BCUT2D eigenvalue weighted by Crippen LogP contribution is 2.37. The number of anilines is 1. The van der Waals surface area contributed by atoms with Gasteiger partial charge in [-0.15, -0.1) is 0 Å². The highest BCUT2D eigenvalue weighted by molar-refractivity contribution is 8.18. The molecule has 2 aromatic rings. The molecule has 0 amide bonds. The Hall–Kier alpha value is -2.65. The number of aromatic nitrogens is 2. The maximum atomic E-state index is 12.8. The fraction of sp³-hybridized carbons (Fsp3) is 0.318. The van der Waals surface area contributed by atoms with E-state index in [1.165, 1.54) is 4.57 Å². The third-order valence-corrected chi connectivity index (χ3v) is 8.45. The van der Waals surface area contributed by atoms with Crippen LogP contribution in [0.15, 0.2) is 44.0 Å². The van der Waals surface area contributed by atoms with Crippen molar-refractivity contribution >= 4 is 50.5 Å². The summed E-state index contributed by atoms with van der Waals surface area (Å²) < 4.78 is 26.3. The van der Waals surface area contributed by atoms with Gasteiger partial charge in [-0.05, 0) is 49.7 Å². The number of sulfone groups is 1. The first-order chi connectivity index (χ1) is 14.4. The van der Waals surface area contributed by atoms with Crippen LogP contribution in [0.4, 0.5) is 11.5 Å². The molecule has 0 bridgehead atoms. The highest BCUT2D eigenvalue weighted by Gasteiger charge is 2.23. The number of nitrogens with zero attached hydrogens (tertiary/aromatic N) is 3. The van der Waals surface area contributed by atoms with Gasteiger partial charge in [-0.2, -0.15) is 4.98 Å². The van der Waals surface area contributed by atoms with E-state index >= 15 is 0 Å². The lowest BCUT2D eigenvalue weighted by Gasteiger charge is -2.14. The molecule has 0 unspecified atom stereocenters. The number of nitrogen functional groups attached to an aromatic ring is 1. The molecule has 1 aromatic heterocycles. The number of hydrogen-bond acceptors (Lipinski definition) is 7. The Labute approximate surface area is 186 Å². The summed E-state index contributed by atoms with van der Waals surface area (Å²) in [5.41, 5.74) is 10.4. The van der Waals surface area contributed by atoms with E-state index in [2.05, 4.69) is 16.6 Å². The number of aryl methyl sites for hydroxylation is 1. The molecule has 0 saturated heterocycles. The van der Waals surface area contributed by atoms with Gasteiger partial charge in [0.1, 0.15) is 10.1 Å². The molecule has 0 saturated carbocycles. The van der Waals surface area contributed by atoms with E-state index in [9.17, 15) is 13.2 Å². The molecule has 1 aliphatic heterocycles. The normalized spacial score (nSPS) is 14.8. The van der Waals surface area contributed by atoms with Gasteiger partial charge in [0.05, 0.1) is 17.0 Å². The Morgan fingerprint density at radius 3 is 2.65 bits per heavy atom. The molecule has 0 atom stereocenters. The van der Waals surface area contributed by atoms with Gasteiger partial charge in [0.2, 0.25) is 0 Å². The molecule has 0 spiro atoms. The van der Waals surface area contributed by atoms with Crippen LogP contribution in [0.2, 0.25) is 0 Å². The van der Waals surface area contributed by atoms with E-state index < -0.39 is 15.4 Å². The zero-order valence-corrected chi connectivity index (χ0v) is 19.9. The third-order valence-electron chi connectivity index (χ3n) is 4.87. The van der Waals surface area contributed by atoms with Crippen LogP contribution in [0.3, 0.4) is 0 Å². The summed E-state index contributed by atoms with van der Waals surface area (Å²) >= 11 is 0.835. The summed E-state index contributed by atoms with van der Waals surface area (Å²) in [5.74, 6) is 0.128. The van der Waals surface area contributed by atoms with Crippen molar-refractivity contribution in [1.29, 1.82) is 0 Å². The van der Waals surface area contributed by atoms with Crippen molar-refractivity contribution in [2.24, 2.45) is 18.0 Å². The summed E-state index contributed by atoms with van der Waals surface area (Å²) in [6, 6.07) is 5.94. The molecule has 0 fully saturated rings. The first-order valence-electron chi connectivity index (χ1n) is 9.75. The van der Waals surface area contributed by atoms with Crippen LogP contribution in [0.5, 0.6) is 0 Å². The van der Waals surface area contributed by atoms with Crippen LogP contribution in [0.25, 0.3) is 11.6 Å². The minimum absolute atomic E-state index is 0.0239. The van der Waals surface area contributed by atoms with E-state index in [4.69, 9.17) is 5.73 Å². The molecule has 0 aliphatic carbocycles. The number of allylic oxidation sites excluding steroid dienone is 1. The number of rotatable bonds is 6. The van der Waals surface area contributed by atoms with Crippen molar-refractivity contribution in [2.75, 3.05) is 11.5 Å². The van der Waals surface area contributed by atoms with Crippen LogP contribution in [0, 0.1) is 12.8 Å². The average molecular weight is 459 g/mol. The summed E-state index contributed by atoms with van der Waals surface area (Å²) in [4.78, 5) is 21.5. The lowest BCUT2D eigenvalue weighted by molar-refractivity contribution is 0.590. The van der Waals surface area contributed by atoms with E-state index in [0.717, 1.165) is 39.9 Å². The van der Waals surface area contributed by atoms with Crippen molar-refractivity contribution in [1.82, 2.24) is 9.55 Å². The second kappa shape index (κ2) is 8.47. The number of thioether (sulfide) groups is 1. The Balaban J connectivity index is 2.02. The predicted molar refractivity (Wildman–Crippen MR) is 129 cm³/mol. The SMILES string of the molecule is C=C(Sc1nc(=O)c(C=C2C(C)=Nc3ccc(C)cc32)c(N)n1C)S(=O)(=O)CC(C)C. The Morgan fingerprint density at radius 1 is 1.32 bits per heavy atom. The molecule has 0 radical (unpaired) electrons. The minimum Gasteiger partial charge on any atom is -0.384 e. The van der Waals surface area contributed by atoms with E-state index in [-0.39, 0.29) is 32.4 Å². The third kappa shape index (κ3) is 4.67. The van der Waals surface area contributed by atoms with Crippen molar-refractivity contribution in [3.05, 3.63) is 56.1 Å². The van der Waals surface area contributed by atoms with Gasteiger partial charge in [0, 0.05) is 23.9 Å². The van der Waals surface area contributed by atoms with Gasteiger partial charge in [0.15, 0.2) is 15.0 Å². The molecular weight excluding hydrogens is 432 g/mol. The van der Waals surface area contributed by atoms with Gasteiger partial charge >= 0.3 is 0 Å². The molecule has 1 aromatic carbocycles. The minimum atomic E-state index is -3.53. The highest BCUT2D eigenvalue weighted by atomic mass is 32.3. The molecule has 3 rings (SSSR count). The lowest BCUT2D eigenvalue weighted by atomic mass is 9.99. The molecule has 2 N–H and O–H groups in total. The second-order valence-electron chi connectivity index (χ2n) is 7.98. The van der Waals surface area contributed by atoms with Gasteiger partial charge < -0.3 is 10.3 Å². The summed E-state index contributed by atoms with van der Waals surface area (Å²) in [7, 11) is -1.89. The first kappa shape index (κ1) is 23.0. The van der Waals surface area contributed by atoms with Gasteiger partial charge in [-0.3, -0.25) is 9.79 Å². The average Bonchev–Trinajstić information content (AvgIpc) is 2.96. The number of nitrogens with two attached hydrogens (primary N) is 1. The quantitative estimate of drug-likeness (QED) is 0.519. The van der Waals surface area contributed by atoms with Crippen LogP contribution in [-0.4, -0.2) is 29.4 Å². The van der Waals surface area contributed by atoms with Crippen molar-refractivity contribution in [3.8, 4) is 0 Å². The van der Waals surface area contributed by atoms with E-state index in [1.54, 1.807) is 13.1 Å². The van der Waals surface area contributed by atoms with E-state index in [0.29, 0.717) is 0 Å². The molecular formula is C22H26N4O3S2. The molecule has 7 nitrogen and oxygen atoms in total. The van der Waals surface area contributed by atoms with Crippen LogP contribution >= 0.6 is 11.8 Å². The number of benzene rings is 1. The second-order valence-corrected chi connectivity index (χ2v) is 11.4. The topological polar surface area (TPSA) is 107 Å². The maximum Gasteiger partial charge on any atom is 0.283 e. The Bertz CT molecular complexity index is 1300. The zero-order valence-electron chi connectivity index (χ0n) is 18.3. The molecule has 164 valence electrons. The van der Waals surface area contributed by atoms with Gasteiger partial charge in [-0.25, -0.2) is 8.42 Å². The largest absolute Gasteiger partial charge is 0.384 e. The first-order valence-corrected chi connectivity index (χ1v) is 12.2. The van der Waals surface area contributed by atoms with Crippen LogP contribution in [0.1, 0.15) is 37.5 Å². The Morgan fingerprint density at radius 2 is 2.00 bits per heavy atom. The number of aliphatic imine (C=N–C) groups is 1. The van der Waals surface area contributed by atoms with Crippen molar-refractivity contribution < 1.29 is 8.42 Å². The number of fused-ring (bicyclic) bond motifs is 1. The molecule has 1 aliphatic rings. The maximum absolute atomic E-state index is 12.8. The van der Waals surface area contributed by atoms with Gasteiger partial charge in [0.25, 0.3) is 5.56 Å².